The summed E-state index contributed by atoms with van der Waals surface area (Å²) in [5.74, 6) is 0.464. The topological polar surface area (TPSA) is 72.2 Å². The number of non-ortho nitro benzene ring substituents is 1. The molecule has 1 atom stereocenters. The number of rotatable bonds is 7. The Balaban J connectivity index is 2.74. The van der Waals surface area contributed by atoms with Crippen molar-refractivity contribution in [2.24, 2.45) is 5.92 Å². The van der Waals surface area contributed by atoms with Crippen LogP contribution in [0.3, 0.4) is 0 Å². The molecule has 20 heavy (non-hydrogen) atoms. The Morgan fingerprint density at radius 2 is 2.15 bits per heavy atom. The van der Waals surface area contributed by atoms with Gasteiger partial charge in [-0.2, -0.15) is 0 Å². The van der Waals surface area contributed by atoms with Crippen molar-refractivity contribution >= 4 is 34.8 Å². The standard InChI is InChI=1S/C13H16Cl2N2O3/c1-2-9(3-4-14)8-16-13(18)10-5-11(15)7-12(6-10)17(19)20/h5-7,9H,2-4,8H2,1H3,(H,16,18). The maximum atomic E-state index is 12.0. The minimum Gasteiger partial charge on any atom is -0.352 e. The summed E-state index contributed by atoms with van der Waals surface area (Å²) in [6.45, 7) is 2.51. The monoisotopic (exact) mass is 318 g/mol. The van der Waals surface area contributed by atoms with Crippen LogP contribution in [0, 0.1) is 16.0 Å². The number of hydrogen-bond donors (Lipinski definition) is 1. The second-order valence-electron chi connectivity index (χ2n) is 4.42. The minimum atomic E-state index is -0.578. The third kappa shape index (κ3) is 4.98. The van der Waals surface area contributed by atoms with Crippen LogP contribution in [-0.2, 0) is 0 Å². The highest BCUT2D eigenvalue weighted by molar-refractivity contribution is 6.31. The fraction of sp³-hybridized carbons (Fsp3) is 0.462. The zero-order chi connectivity index (χ0) is 15.1. The number of nitro groups is 1. The van der Waals surface area contributed by atoms with Gasteiger partial charge in [0.05, 0.1) is 4.92 Å². The molecule has 0 bridgehead atoms. The molecule has 0 saturated heterocycles. The first-order valence-corrected chi connectivity index (χ1v) is 7.18. The van der Waals surface area contributed by atoms with Crippen molar-refractivity contribution in [3.63, 3.8) is 0 Å². The first kappa shape index (κ1) is 16.7. The Morgan fingerprint density at radius 3 is 2.70 bits per heavy atom. The van der Waals surface area contributed by atoms with E-state index >= 15 is 0 Å². The molecule has 1 N–H and O–H groups in total. The second kappa shape index (κ2) is 8.07. The fourth-order valence-electron chi connectivity index (χ4n) is 1.75. The average molecular weight is 319 g/mol. The molecule has 0 saturated carbocycles. The number of nitro benzene ring substituents is 1. The second-order valence-corrected chi connectivity index (χ2v) is 5.23. The number of carbonyl (C=O) groups excluding carboxylic acids is 1. The highest BCUT2D eigenvalue weighted by Gasteiger charge is 2.15. The van der Waals surface area contributed by atoms with E-state index in [9.17, 15) is 14.9 Å². The van der Waals surface area contributed by atoms with Gasteiger partial charge in [-0.15, -0.1) is 11.6 Å². The summed E-state index contributed by atoms with van der Waals surface area (Å²) in [4.78, 5) is 22.1. The molecular weight excluding hydrogens is 303 g/mol. The van der Waals surface area contributed by atoms with Gasteiger partial charge >= 0.3 is 0 Å². The van der Waals surface area contributed by atoms with E-state index in [4.69, 9.17) is 23.2 Å². The van der Waals surface area contributed by atoms with Crippen molar-refractivity contribution in [3.8, 4) is 0 Å². The summed E-state index contributed by atoms with van der Waals surface area (Å²) in [5, 5.41) is 13.6. The number of amides is 1. The van der Waals surface area contributed by atoms with Crippen molar-refractivity contribution in [1.29, 1.82) is 0 Å². The lowest BCUT2D eigenvalue weighted by molar-refractivity contribution is -0.384. The van der Waals surface area contributed by atoms with Crippen LogP contribution in [0.4, 0.5) is 5.69 Å². The SMILES string of the molecule is CCC(CCCl)CNC(=O)c1cc(Cl)cc([N+](=O)[O-])c1. The number of nitrogens with zero attached hydrogens (tertiary/aromatic N) is 1. The fourth-order valence-corrected chi connectivity index (χ4v) is 2.29. The molecule has 0 spiro atoms. The molecule has 0 aliphatic carbocycles. The Morgan fingerprint density at radius 1 is 1.45 bits per heavy atom. The van der Waals surface area contributed by atoms with Crippen LogP contribution in [0.15, 0.2) is 18.2 Å². The lowest BCUT2D eigenvalue weighted by Gasteiger charge is -2.14. The van der Waals surface area contributed by atoms with Crippen LogP contribution < -0.4 is 5.32 Å². The Bertz CT molecular complexity index is 495. The van der Waals surface area contributed by atoms with Crippen LogP contribution in [0.25, 0.3) is 0 Å². The van der Waals surface area contributed by atoms with Crippen LogP contribution >= 0.6 is 23.2 Å². The molecule has 1 aromatic carbocycles. The van der Waals surface area contributed by atoms with Gasteiger partial charge < -0.3 is 5.32 Å². The Labute approximate surface area is 127 Å². The van der Waals surface area contributed by atoms with Crippen LogP contribution in [0.5, 0.6) is 0 Å². The summed E-state index contributed by atoms with van der Waals surface area (Å²) in [6.07, 6.45) is 1.72. The van der Waals surface area contributed by atoms with E-state index in [1.807, 2.05) is 6.92 Å². The van der Waals surface area contributed by atoms with E-state index < -0.39 is 4.92 Å². The number of benzene rings is 1. The van der Waals surface area contributed by atoms with Crippen molar-refractivity contribution in [2.45, 2.75) is 19.8 Å². The number of halogens is 2. The van der Waals surface area contributed by atoms with Crippen LogP contribution in [0.2, 0.25) is 5.02 Å². The molecule has 7 heteroatoms. The summed E-state index contributed by atoms with van der Waals surface area (Å²) in [6, 6.07) is 3.83. The van der Waals surface area contributed by atoms with Crippen molar-refractivity contribution in [1.82, 2.24) is 5.32 Å². The predicted molar refractivity (Wildman–Crippen MR) is 79.6 cm³/mol. The maximum absolute atomic E-state index is 12.0. The Kier molecular flexibility index (Phi) is 6.75. The number of nitrogens with one attached hydrogen (secondary N) is 1. The molecule has 110 valence electrons. The van der Waals surface area contributed by atoms with Gasteiger partial charge in [0, 0.05) is 35.1 Å². The summed E-state index contributed by atoms with van der Waals surface area (Å²) in [5.41, 5.74) is -0.0135. The van der Waals surface area contributed by atoms with E-state index in [2.05, 4.69) is 5.32 Å². The summed E-state index contributed by atoms with van der Waals surface area (Å²) >= 11 is 11.5. The molecule has 0 aliphatic heterocycles. The van der Waals surface area contributed by atoms with Gasteiger partial charge in [-0.1, -0.05) is 24.9 Å². The maximum Gasteiger partial charge on any atom is 0.271 e. The zero-order valence-electron chi connectivity index (χ0n) is 11.1. The van der Waals surface area contributed by atoms with Gasteiger partial charge in [0.25, 0.3) is 11.6 Å². The van der Waals surface area contributed by atoms with E-state index in [0.717, 1.165) is 12.8 Å². The normalized spacial score (nSPS) is 11.9. The van der Waals surface area contributed by atoms with Gasteiger partial charge in [-0.3, -0.25) is 14.9 Å². The minimum absolute atomic E-state index is 0.164. The average Bonchev–Trinajstić information content (AvgIpc) is 2.42. The summed E-state index contributed by atoms with van der Waals surface area (Å²) < 4.78 is 0. The molecule has 0 radical (unpaired) electrons. The van der Waals surface area contributed by atoms with Crippen molar-refractivity contribution < 1.29 is 9.72 Å². The first-order chi connectivity index (χ1) is 9.47. The highest BCUT2D eigenvalue weighted by atomic mass is 35.5. The zero-order valence-corrected chi connectivity index (χ0v) is 12.6. The van der Waals surface area contributed by atoms with Gasteiger partial charge in [-0.05, 0) is 18.4 Å². The van der Waals surface area contributed by atoms with E-state index in [1.54, 1.807) is 0 Å². The molecule has 5 nitrogen and oxygen atoms in total. The van der Waals surface area contributed by atoms with E-state index in [-0.39, 0.29) is 22.2 Å². The number of alkyl halides is 1. The molecule has 0 fully saturated rings. The van der Waals surface area contributed by atoms with Gasteiger partial charge in [0.2, 0.25) is 0 Å². The third-order valence-corrected chi connectivity index (χ3v) is 3.44. The highest BCUT2D eigenvalue weighted by Crippen LogP contribution is 2.21. The van der Waals surface area contributed by atoms with Crippen LogP contribution in [0.1, 0.15) is 30.1 Å². The molecule has 0 aromatic heterocycles. The first-order valence-electron chi connectivity index (χ1n) is 6.27. The van der Waals surface area contributed by atoms with Crippen molar-refractivity contribution in [2.75, 3.05) is 12.4 Å². The van der Waals surface area contributed by atoms with Gasteiger partial charge in [-0.25, -0.2) is 0 Å². The molecule has 0 aliphatic rings. The molecule has 1 unspecified atom stereocenters. The largest absolute Gasteiger partial charge is 0.352 e. The molecule has 1 amide bonds. The molecule has 0 heterocycles. The van der Waals surface area contributed by atoms with Gasteiger partial charge in [0.1, 0.15) is 0 Å². The van der Waals surface area contributed by atoms with Crippen LogP contribution in [-0.4, -0.2) is 23.3 Å². The molecular formula is C13H16Cl2N2O3. The quantitative estimate of drug-likeness (QED) is 0.474. The lowest BCUT2D eigenvalue weighted by Crippen LogP contribution is -2.29. The van der Waals surface area contributed by atoms with E-state index in [0.29, 0.717) is 18.3 Å². The molecule has 1 aromatic rings. The number of hydrogen-bond acceptors (Lipinski definition) is 3. The predicted octanol–water partition coefficient (Wildman–Crippen LogP) is 3.63. The molecule has 1 rings (SSSR count). The Hall–Kier alpha value is -1.33. The number of carbonyl (C=O) groups is 1. The van der Waals surface area contributed by atoms with Crippen molar-refractivity contribution in [3.05, 3.63) is 38.9 Å². The smallest absolute Gasteiger partial charge is 0.271 e. The van der Waals surface area contributed by atoms with E-state index in [1.165, 1.54) is 18.2 Å². The summed E-state index contributed by atoms with van der Waals surface area (Å²) in [7, 11) is 0. The lowest BCUT2D eigenvalue weighted by atomic mass is 10.0. The third-order valence-electron chi connectivity index (χ3n) is 3.00. The van der Waals surface area contributed by atoms with Gasteiger partial charge in [0.15, 0.2) is 0 Å².